The fourth-order valence-corrected chi connectivity index (χ4v) is 0.983. The normalized spacial score (nSPS) is 12.8. The van der Waals surface area contributed by atoms with Crippen LogP contribution in [0.3, 0.4) is 0 Å². The molecule has 0 rings (SSSR count). The molecule has 1 nitrogen and oxygen atoms in total. The third kappa shape index (κ3) is 2.45. The minimum Gasteiger partial charge on any atom is -0.299 e. The van der Waals surface area contributed by atoms with Crippen molar-refractivity contribution in [2.24, 2.45) is 5.92 Å². The molecule has 0 saturated heterocycles. The predicted octanol–water partition coefficient (Wildman–Crippen LogP) is 2.18. The molecule has 0 N–H and O–H groups in total. The van der Waals surface area contributed by atoms with Crippen LogP contribution in [0.25, 0.3) is 0 Å². The third-order valence-electron chi connectivity index (χ3n) is 1.49. The number of carbonyl (C=O) groups excluding carboxylic acids is 1. The van der Waals surface area contributed by atoms with Crippen molar-refractivity contribution in [3.8, 4) is 0 Å². The van der Waals surface area contributed by atoms with Gasteiger partial charge in [-0.2, -0.15) is 0 Å². The highest BCUT2D eigenvalue weighted by Gasteiger charge is 2.10. The van der Waals surface area contributed by atoms with Crippen molar-refractivity contribution < 1.29 is 4.79 Å². The number of carbonyl (C=O) groups is 1. The van der Waals surface area contributed by atoms with Crippen molar-refractivity contribution in [2.45, 2.75) is 27.2 Å². The molecule has 0 aromatic carbocycles. The molecule has 1 atom stereocenters. The van der Waals surface area contributed by atoms with Crippen LogP contribution in [0.1, 0.15) is 27.2 Å². The number of hydrogen-bond acceptors (Lipinski definition) is 1. The summed E-state index contributed by atoms with van der Waals surface area (Å²) in [5.41, 5.74) is 0.977. The summed E-state index contributed by atoms with van der Waals surface area (Å²) in [5, 5.41) is 0. The summed E-state index contributed by atoms with van der Waals surface area (Å²) in [7, 11) is 0. The number of rotatable bonds is 3. The second-order valence-electron chi connectivity index (χ2n) is 2.42. The molecular formula is C8H14O. The van der Waals surface area contributed by atoms with E-state index in [0.717, 1.165) is 12.0 Å². The molecule has 0 aromatic heterocycles. The third-order valence-corrected chi connectivity index (χ3v) is 1.49. The predicted molar refractivity (Wildman–Crippen MR) is 39.3 cm³/mol. The highest BCUT2D eigenvalue weighted by molar-refractivity contribution is 5.80. The molecule has 0 amide bonds. The SMILES string of the molecule is C=C(C)C(CC)C(C)=O. The first-order valence-electron chi connectivity index (χ1n) is 3.25. The summed E-state index contributed by atoms with van der Waals surface area (Å²) < 4.78 is 0. The van der Waals surface area contributed by atoms with Crippen LogP contribution >= 0.6 is 0 Å². The van der Waals surface area contributed by atoms with Crippen LogP contribution in [0, 0.1) is 5.92 Å². The molecule has 0 aliphatic carbocycles. The van der Waals surface area contributed by atoms with Crippen LogP contribution in [-0.4, -0.2) is 5.78 Å². The van der Waals surface area contributed by atoms with E-state index in [1.54, 1.807) is 6.92 Å². The number of Topliss-reactive ketones (excluding diaryl/α,β-unsaturated/α-hetero) is 1. The van der Waals surface area contributed by atoms with Gasteiger partial charge in [0.25, 0.3) is 0 Å². The van der Waals surface area contributed by atoms with Crippen LogP contribution in [0.2, 0.25) is 0 Å². The lowest BCUT2D eigenvalue weighted by Crippen LogP contribution is -2.09. The second-order valence-corrected chi connectivity index (χ2v) is 2.42. The molecule has 0 aliphatic rings. The maximum absolute atomic E-state index is 10.8. The van der Waals surface area contributed by atoms with E-state index in [0.29, 0.717) is 0 Å². The zero-order valence-corrected chi connectivity index (χ0v) is 6.40. The van der Waals surface area contributed by atoms with Crippen molar-refractivity contribution in [1.29, 1.82) is 0 Å². The van der Waals surface area contributed by atoms with Crippen LogP contribution < -0.4 is 0 Å². The summed E-state index contributed by atoms with van der Waals surface area (Å²) in [6.45, 7) is 9.24. The smallest absolute Gasteiger partial charge is 0.136 e. The van der Waals surface area contributed by atoms with E-state index in [1.165, 1.54) is 0 Å². The highest BCUT2D eigenvalue weighted by atomic mass is 16.1. The minimum absolute atomic E-state index is 0.0880. The summed E-state index contributed by atoms with van der Waals surface area (Å²) >= 11 is 0. The molecule has 0 fully saturated rings. The van der Waals surface area contributed by atoms with Crippen molar-refractivity contribution in [3.63, 3.8) is 0 Å². The molecule has 52 valence electrons. The molecule has 0 aromatic rings. The van der Waals surface area contributed by atoms with Gasteiger partial charge in [-0.3, -0.25) is 4.79 Å². The summed E-state index contributed by atoms with van der Waals surface area (Å²) in [6.07, 6.45) is 0.880. The molecule has 0 bridgehead atoms. The van der Waals surface area contributed by atoms with Crippen LogP contribution in [0.5, 0.6) is 0 Å². The molecule has 0 spiro atoms. The van der Waals surface area contributed by atoms with Gasteiger partial charge in [-0.05, 0) is 20.3 Å². The Balaban J connectivity index is 3.99. The largest absolute Gasteiger partial charge is 0.299 e. The van der Waals surface area contributed by atoms with Gasteiger partial charge < -0.3 is 0 Å². The molecular weight excluding hydrogens is 112 g/mol. The van der Waals surface area contributed by atoms with E-state index in [2.05, 4.69) is 6.58 Å². The first-order chi connectivity index (χ1) is 4.09. The average molecular weight is 126 g/mol. The van der Waals surface area contributed by atoms with E-state index in [1.807, 2.05) is 13.8 Å². The molecule has 0 heterocycles. The van der Waals surface area contributed by atoms with E-state index < -0.39 is 0 Å². The van der Waals surface area contributed by atoms with Gasteiger partial charge in [0.1, 0.15) is 5.78 Å². The Morgan fingerprint density at radius 3 is 2.00 bits per heavy atom. The molecule has 9 heavy (non-hydrogen) atoms. The van der Waals surface area contributed by atoms with Gasteiger partial charge in [0.05, 0.1) is 0 Å². The number of ketones is 1. The first-order valence-corrected chi connectivity index (χ1v) is 3.25. The second kappa shape index (κ2) is 3.44. The maximum Gasteiger partial charge on any atom is 0.136 e. The summed E-state index contributed by atoms with van der Waals surface area (Å²) in [6, 6.07) is 0. The fourth-order valence-electron chi connectivity index (χ4n) is 0.983. The topological polar surface area (TPSA) is 17.1 Å². The lowest BCUT2D eigenvalue weighted by molar-refractivity contribution is -0.119. The molecule has 0 aliphatic heterocycles. The van der Waals surface area contributed by atoms with Crippen LogP contribution in [0.15, 0.2) is 12.2 Å². The van der Waals surface area contributed by atoms with Gasteiger partial charge >= 0.3 is 0 Å². The van der Waals surface area contributed by atoms with Gasteiger partial charge in [0, 0.05) is 5.92 Å². The van der Waals surface area contributed by atoms with E-state index in [9.17, 15) is 4.79 Å². The van der Waals surface area contributed by atoms with Crippen molar-refractivity contribution in [1.82, 2.24) is 0 Å². The maximum atomic E-state index is 10.8. The fraction of sp³-hybridized carbons (Fsp3) is 0.625. The Labute approximate surface area is 56.8 Å². The summed E-state index contributed by atoms with van der Waals surface area (Å²) in [5.74, 6) is 0.315. The average Bonchev–Trinajstić information content (AvgIpc) is 1.64. The Bertz CT molecular complexity index is 111. The van der Waals surface area contributed by atoms with Crippen LogP contribution in [-0.2, 0) is 4.79 Å². The Hall–Kier alpha value is -0.590. The highest BCUT2D eigenvalue weighted by Crippen LogP contribution is 2.12. The monoisotopic (exact) mass is 126 g/mol. The molecule has 0 radical (unpaired) electrons. The zero-order chi connectivity index (χ0) is 7.44. The van der Waals surface area contributed by atoms with Gasteiger partial charge in [0.2, 0.25) is 0 Å². The van der Waals surface area contributed by atoms with Crippen molar-refractivity contribution >= 4 is 5.78 Å². The summed E-state index contributed by atoms with van der Waals surface area (Å²) in [4.78, 5) is 10.8. The molecule has 1 heteroatoms. The number of hydrogen-bond donors (Lipinski definition) is 0. The Kier molecular flexibility index (Phi) is 3.21. The minimum atomic E-state index is 0.0880. The molecule has 1 unspecified atom stereocenters. The van der Waals surface area contributed by atoms with Crippen LogP contribution in [0.4, 0.5) is 0 Å². The Morgan fingerprint density at radius 2 is 2.00 bits per heavy atom. The van der Waals surface area contributed by atoms with Crippen molar-refractivity contribution in [2.75, 3.05) is 0 Å². The Morgan fingerprint density at radius 1 is 1.56 bits per heavy atom. The van der Waals surface area contributed by atoms with Gasteiger partial charge in [-0.15, -0.1) is 0 Å². The zero-order valence-electron chi connectivity index (χ0n) is 6.40. The first kappa shape index (κ1) is 8.41. The quantitative estimate of drug-likeness (QED) is 0.530. The van der Waals surface area contributed by atoms with E-state index >= 15 is 0 Å². The standard InChI is InChI=1S/C8H14O/c1-5-8(6(2)3)7(4)9/h8H,2,5H2,1,3-4H3. The van der Waals surface area contributed by atoms with Gasteiger partial charge in [-0.25, -0.2) is 0 Å². The van der Waals surface area contributed by atoms with E-state index in [-0.39, 0.29) is 11.7 Å². The van der Waals surface area contributed by atoms with Crippen molar-refractivity contribution in [3.05, 3.63) is 12.2 Å². The number of allylic oxidation sites excluding steroid dienone is 1. The lowest BCUT2D eigenvalue weighted by Gasteiger charge is -2.08. The van der Waals surface area contributed by atoms with Gasteiger partial charge in [0.15, 0.2) is 0 Å². The lowest BCUT2D eigenvalue weighted by atomic mass is 9.95. The van der Waals surface area contributed by atoms with Gasteiger partial charge in [-0.1, -0.05) is 19.1 Å². The molecule has 0 saturated carbocycles. The van der Waals surface area contributed by atoms with E-state index in [4.69, 9.17) is 0 Å².